The normalized spacial score (nSPS) is 14.1. The Labute approximate surface area is 105 Å². The van der Waals surface area contributed by atoms with Gasteiger partial charge >= 0.3 is 5.97 Å². The first kappa shape index (κ1) is 12.4. The van der Waals surface area contributed by atoms with Gasteiger partial charge in [0.1, 0.15) is 18.9 Å². The quantitative estimate of drug-likeness (QED) is 0.576. The summed E-state index contributed by atoms with van der Waals surface area (Å²) < 4.78 is 10.1. The van der Waals surface area contributed by atoms with Crippen molar-refractivity contribution >= 4 is 11.9 Å². The molecule has 1 aromatic rings. The number of methoxy groups -OCH3 is 1. The molecule has 1 amide bonds. The maximum atomic E-state index is 11.4. The van der Waals surface area contributed by atoms with Crippen LogP contribution in [0.3, 0.4) is 0 Å². The molecule has 0 spiro atoms. The summed E-state index contributed by atoms with van der Waals surface area (Å²) in [6.45, 7) is 0.913. The Bertz CT molecular complexity index is 441. The lowest BCUT2D eigenvalue weighted by molar-refractivity contribution is -0.154. The van der Waals surface area contributed by atoms with Crippen LogP contribution in [-0.2, 0) is 20.9 Å². The van der Waals surface area contributed by atoms with Crippen molar-refractivity contribution in [2.24, 2.45) is 0 Å². The average Bonchev–Trinajstić information content (AvgIpc) is 2.41. The van der Waals surface area contributed by atoms with E-state index in [-0.39, 0.29) is 25.0 Å². The van der Waals surface area contributed by atoms with Crippen molar-refractivity contribution in [2.45, 2.75) is 13.0 Å². The smallest absolute Gasteiger partial charge is 0.325 e. The molecule has 0 aliphatic carbocycles. The second kappa shape index (κ2) is 5.53. The van der Waals surface area contributed by atoms with Crippen LogP contribution < -0.4 is 4.74 Å². The van der Waals surface area contributed by atoms with Crippen molar-refractivity contribution < 1.29 is 19.1 Å². The van der Waals surface area contributed by atoms with E-state index in [1.807, 2.05) is 24.3 Å². The number of ether oxygens (including phenoxy) is 2. The molecule has 1 aliphatic rings. The minimum atomic E-state index is -0.376. The SMILES string of the molecule is COc1ccc(COC(=O)CN2CCC2=O)cc1. The third kappa shape index (κ3) is 3.00. The molecule has 18 heavy (non-hydrogen) atoms. The van der Waals surface area contributed by atoms with E-state index in [4.69, 9.17) is 9.47 Å². The Morgan fingerprint density at radius 3 is 2.56 bits per heavy atom. The average molecular weight is 249 g/mol. The van der Waals surface area contributed by atoms with E-state index >= 15 is 0 Å². The van der Waals surface area contributed by atoms with Crippen LogP contribution in [0.25, 0.3) is 0 Å². The van der Waals surface area contributed by atoms with Gasteiger partial charge in [-0.2, -0.15) is 0 Å². The van der Waals surface area contributed by atoms with Crippen LogP contribution in [0.1, 0.15) is 12.0 Å². The van der Waals surface area contributed by atoms with Crippen molar-refractivity contribution in [3.05, 3.63) is 29.8 Å². The van der Waals surface area contributed by atoms with Crippen LogP contribution in [0.5, 0.6) is 5.75 Å². The molecule has 0 aromatic heterocycles. The maximum Gasteiger partial charge on any atom is 0.325 e. The number of β-lactam (4-membered cyclic amide) rings is 1. The Morgan fingerprint density at radius 1 is 1.33 bits per heavy atom. The summed E-state index contributed by atoms with van der Waals surface area (Å²) in [4.78, 5) is 23.9. The minimum Gasteiger partial charge on any atom is -0.497 e. The zero-order valence-electron chi connectivity index (χ0n) is 10.2. The van der Waals surface area contributed by atoms with E-state index in [9.17, 15) is 9.59 Å². The number of nitrogens with zero attached hydrogens (tertiary/aromatic N) is 1. The Hall–Kier alpha value is -2.04. The minimum absolute atomic E-state index is 0.0106. The van der Waals surface area contributed by atoms with Crippen LogP contribution in [0.2, 0.25) is 0 Å². The van der Waals surface area contributed by atoms with Gasteiger partial charge in [-0.15, -0.1) is 0 Å². The highest BCUT2D eigenvalue weighted by atomic mass is 16.5. The Balaban J connectivity index is 1.76. The van der Waals surface area contributed by atoms with Gasteiger partial charge in [0.25, 0.3) is 0 Å². The molecular formula is C13H15NO4. The van der Waals surface area contributed by atoms with Crippen molar-refractivity contribution in [2.75, 3.05) is 20.2 Å². The zero-order chi connectivity index (χ0) is 13.0. The Kier molecular flexibility index (Phi) is 3.82. The summed E-state index contributed by atoms with van der Waals surface area (Å²) in [5.74, 6) is 0.395. The molecule has 96 valence electrons. The fourth-order valence-corrected chi connectivity index (χ4v) is 1.62. The molecular weight excluding hydrogens is 234 g/mol. The van der Waals surface area contributed by atoms with Gasteiger partial charge < -0.3 is 14.4 Å². The number of benzene rings is 1. The highest BCUT2D eigenvalue weighted by Gasteiger charge is 2.26. The number of esters is 1. The first-order valence-electron chi connectivity index (χ1n) is 5.75. The molecule has 1 saturated heterocycles. The lowest BCUT2D eigenvalue weighted by Crippen LogP contribution is -2.46. The van der Waals surface area contributed by atoms with E-state index in [1.54, 1.807) is 7.11 Å². The van der Waals surface area contributed by atoms with Crippen molar-refractivity contribution in [3.8, 4) is 5.75 Å². The van der Waals surface area contributed by atoms with Gasteiger partial charge in [-0.1, -0.05) is 12.1 Å². The summed E-state index contributed by atoms with van der Waals surface area (Å²) in [7, 11) is 1.60. The van der Waals surface area contributed by atoms with Gasteiger partial charge in [0.05, 0.1) is 7.11 Å². The molecule has 0 unspecified atom stereocenters. The van der Waals surface area contributed by atoms with Gasteiger partial charge in [-0.25, -0.2) is 0 Å². The maximum absolute atomic E-state index is 11.4. The van der Waals surface area contributed by atoms with Crippen LogP contribution in [0.15, 0.2) is 24.3 Å². The fraction of sp³-hybridized carbons (Fsp3) is 0.385. The second-order valence-corrected chi connectivity index (χ2v) is 4.07. The second-order valence-electron chi connectivity index (χ2n) is 4.07. The van der Waals surface area contributed by atoms with E-state index in [0.717, 1.165) is 11.3 Å². The van der Waals surface area contributed by atoms with Gasteiger partial charge in [0.15, 0.2) is 0 Å². The third-order valence-corrected chi connectivity index (χ3v) is 2.83. The van der Waals surface area contributed by atoms with Crippen LogP contribution in [0.4, 0.5) is 0 Å². The molecule has 0 radical (unpaired) electrons. The fourth-order valence-electron chi connectivity index (χ4n) is 1.62. The van der Waals surface area contributed by atoms with Crippen LogP contribution in [-0.4, -0.2) is 37.0 Å². The number of rotatable bonds is 5. The van der Waals surface area contributed by atoms with Gasteiger partial charge in [-0.05, 0) is 17.7 Å². The standard InChI is InChI=1S/C13H15NO4/c1-17-11-4-2-10(3-5-11)9-18-13(16)8-14-7-6-12(14)15/h2-5H,6-9H2,1H3. The van der Waals surface area contributed by atoms with Gasteiger partial charge in [0.2, 0.25) is 5.91 Å². The van der Waals surface area contributed by atoms with Crippen molar-refractivity contribution in [1.82, 2.24) is 4.90 Å². The first-order chi connectivity index (χ1) is 8.69. The van der Waals surface area contributed by atoms with E-state index in [1.165, 1.54) is 4.90 Å². The Morgan fingerprint density at radius 2 is 2.06 bits per heavy atom. The number of hydrogen-bond acceptors (Lipinski definition) is 4. The summed E-state index contributed by atoms with van der Waals surface area (Å²) >= 11 is 0. The lowest BCUT2D eigenvalue weighted by Gasteiger charge is -2.29. The summed E-state index contributed by atoms with van der Waals surface area (Å²) in [6.07, 6.45) is 0.533. The summed E-state index contributed by atoms with van der Waals surface area (Å²) in [6, 6.07) is 7.28. The lowest BCUT2D eigenvalue weighted by atomic mass is 10.2. The molecule has 1 fully saturated rings. The molecule has 0 saturated carbocycles. The predicted octanol–water partition coefficient (Wildman–Crippen LogP) is 0.971. The summed E-state index contributed by atoms with van der Waals surface area (Å²) in [5, 5.41) is 0. The van der Waals surface area contributed by atoms with Crippen molar-refractivity contribution in [1.29, 1.82) is 0 Å². The van der Waals surface area contributed by atoms with E-state index in [2.05, 4.69) is 0 Å². The predicted molar refractivity (Wildman–Crippen MR) is 64.0 cm³/mol. The molecule has 5 nitrogen and oxygen atoms in total. The number of hydrogen-bond donors (Lipinski definition) is 0. The molecule has 1 aliphatic heterocycles. The monoisotopic (exact) mass is 249 g/mol. The largest absolute Gasteiger partial charge is 0.497 e. The summed E-state index contributed by atoms with van der Waals surface area (Å²) in [5.41, 5.74) is 0.888. The van der Waals surface area contributed by atoms with E-state index < -0.39 is 0 Å². The first-order valence-corrected chi connectivity index (χ1v) is 5.75. The van der Waals surface area contributed by atoms with Gasteiger partial charge in [0, 0.05) is 13.0 Å². The van der Waals surface area contributed by atoms with Crippen molar-refractivity contribution in [3.63, 3.8) is 0 Å². The highest BCUT2D eigenvalue weighted by Crippen LogP contribution is 2.12. The molecule has 0 bridgehead atoms. The van der Waals surface area contributed by atoms with Gasteiger partial charge in [-0.3, -0.25) is 9.59 Å². The molecule has 1 aromatic carbocycles. The number of carbonyl (C=O) groups excluding carboxylic acids is 2. The van der Waals surface area contributed by atoms with E-state index in [0.29, 0.717) is 13.0 Å². The molecule has 0 N–H and O–H groups in total. The molecule has 5 heteroatoms. The van der Waals surface area contributed by atoms with Crippen LogP contribution >= 0.6 is 0 Å². The third-order valence-electron chi connectivity index (χ3n) is 2.83. The zero-order valence-corrected chi connectivity index (χ0v) is 10.2. The number of carbonyl (C=O) groups is 2. The highest BCUT2D eigenvalue weighted by molar-refractivity contribution is 5.86. The number of amides is 1. The molecule has 1 heterocycles. The number of likely N-dealkylation sites (tertiary alicyclic amines) is 1. The molecule has 0 atom stereocenters. The van der Waals surface area contributed by atoms with Crippen LogP contribution in [0, 0.1) is 0 Å². The molecule has 2 rings (SSSR count). The topological polar surface area (TPSA) is 55.8 Å².